The van der Waals surface area contributed by atoms with E-state index >= 15 is 0 Å². The molecule has 9 aromatic carbocycles. The first-order valence-electron chi connectivity index (χ1n) is 27.2. The summed E-state index contributed by atoms with van der Waals surface area (Å²) in [6, 6.07) is 67.4. The second-order valence-electron chi connectivity index (χ2n) is 20.6. The molecule has 4 aromatic heterocycles. The first kappa shape index (κ1) is 58.0. The lowest BCUT2D eigenvalue weighted by Crippen LogP contribution is -2.11. The van der Waals surface area contributed by atoms with Crippen molar-refractivity contribution in [2.45, 2.75) is 25.9 Å². The third-order valence-corrected chi connectivity index (χ3v) is 14.5. The molecular weight excluding hydrogens is 1090 g/mol. The number of H-pyrrole nitrogens is 4. The van der Waals surface area contributed by atoms with Crippen LogP contribution in [0.15, 0.2) is 224 Å². The number of nitrogens with two attached hydrogens (primary N) is 4. The molecular formula is C70H56F4N8O4. The van der Waals surface area contributed by atoms with Gasteiger partial charge in [-0.15, -0.1) is 0 Å². The van der Waals surface area contributed by atoms with E-state index in [9.17, 15) is 36.7 Å². The van der Waals surface area contributed by atoms with Crippen LogP contribution >= 0.6 is 0 Å². The summed E-state index contributed by atoms with van der Waals surface area (Å²) in [5, 5.41) is 3.56. The van der Waals surface area contributed by atoms with Crippen LogP contribution in [0.3, 0.4) is 0 Å². The minimum Gasteiger partial charge on any atom is -0.366 e. The Bertz CT molecular complexity index is 4670. The van der Waals surface area contributed by atoms with Gasteiger partial charge in [-0.05, 0) is 124 Å². The van der Waals surface area contributed by atoms with Gasteiger partial charge in [0.25, 0.3) is 23.6 Å². The molecule has 0 saturated heterocycles. The van der Waals surface area contributed by atoms with Crippen LogP contribution in [-0.2, 0) is 6.18 Å². The number of alkyl halides is 3. The lowest BCUT2D eigenvalue weighted by Gasteiger charge is -2.07. The summed E-state index contributed by atoms with van der Waals surface area (Å²) < 4.78 is 51.6. The number of nitrogens with one attached hydrogen (secondary N) is 4. The molecule has 0 saturated carbocycles. The van der Waals surface area contributed by atoms with Gasteiger partial charge in [-0.2, -0.15) is 13.2 Å². The highest BCUT2D eigenvalue weighted by atomic mass is 19.4. The molecule has 0 fully saturated rings. The predicted octanol–water partition coefficient (Wildman–Crippen LogP) is 15.7. The molecule has 0 aliphatic carbocycles. The number of para-hydroxylation sites is 4. The first-order valence-corrected chi connectivity index (χ1v) is 27.2. The van der Waals surface area contributed by atoms with Gasteiger partial charge in [-0.3, -0.25) is 19.2 Å². The Morgan fingerprint density at radius 2 is 0.674 bits per heavy atom. The first-order chi connectivity index (χ1) is 41.3. The summed E-state index contributed by atoms with van der Waals surface area (Å²) >= 11 is 0. The lowest BCUT2D eigenvalue weighted by atomic mass is 10.00. The highest BCUT2D eigenvalue weighted by Gasteiger charge is 2.30. The molecule has 0 bridgehead atoms. The van der Waals surface area contributed by atoms with Crippen molar-refractivity contribution in [3.05, 3.63) is 264 Å². The number of hydrogen-bond acceptors (Lipinski definition) is 4. The molecule has 16 heteroatoms. The minimum absolute atomic E-state index is 0.300. The summed E-state index contributed by atoms with van der Waals surface area (Å²) in [6.07, 6.45) is -4.40. The van der Waals surface area contributed by atoms with Crippen LogP contribution < -0.4 is 22.9 Å². The maximum atomic E-state index is 13.2. The molecule has 0 unspecified atom stereocenters. The average molecular weight is 1150 g/mol. The number of benzene rings is 9. The van der Waals surface area contributed by atoms with Crippen LogP contribution in [-0.4, -0.2) is 43.6 Å². The topological polar surface area (TPSA) is 236 Å². The number of carbonyl (C=O) groups is 4. The molecule has 0 aliphatic rings. The zero-order chi connectivity index (χ0) is 60.8. The van der Waals surface area contributed by atoms with E-state index in [2.05, 4.69) is 94.4 Å². The van der Waals surface area contributed by atoms with Crippen LogP contribution in [0.4, 0.5) is 17.6 Å². The molecule has 0 spiro atoms. The molecule has 13 aromatic rings. The van der Waals surface area contributed by atoms with E-state index in [1.165, 1.54) is 29.3 Å². The van der Waals surface area contributed by atoms with Gasteiger partial charge in [-0.1, -0.05) is 153 Å². The fraction of sp³-hybridized carbons (Fsp3) is 0.0571. The number of hydrogen-bond donors (Lipinski definition) is 8. The Kier molecular flexibility index (Phi) is 16.6. The Morgan fingerprint density at radius 1 is 0.349 bits per heavy atom. The monoisotopic (exact) mass is 1150 g/mol. The van der Waals surface area contributed by atoms with Crippen molar-refractivity contribution in [1.29, 1.82) is 0 Å². The van der Waals surface area contributed by atoms with Crippen LogP contribution in [0, 0.1) is 5.82 Å². The predicted molar refractivity (Wildman–Crippen MR) is 333 cm³/mol. The van der Waals surface area contributed by atoms with Crippen molar-refractivity contribution in [1.82, 2.24) is 19.9 Å². The number of primary amides is 4. The van der Waals surface area contributed by atoms with Crippen LogP contribution in [0.1, 0.15) is 72.3 Å². The van der Waals surface area contributed by atoms with Gasteiger partial charge in [0.15, 0.2) is 0 Å². The smallest absolute Gasteiger partial charge is 0.366 e. The second-order valence-corrected chi connectivity index (χ2v) is 20.6. The standard InChI is InChI=1S/C21H16N2O.C18H18N2O.C16H11F3N2O.C15H11FN2O/c22-21(24)18-11-5-10-17-13-19(23-20(17)18)16-9-4-8-15(12-16)14-6-2-1-3-7-14;1-11(2)12-5-3-6-13(9-12)16-10-14-7-4-8-15(18(19)21)17(14)20-16;17-16(18,19)11-5-1-3-9(7-11)13-8-10-4-2-6-12(15(20)22)14(10)21-13;16-11-5-1-3-9(7-11)13-8-10-4-2-6-12(15(17)19)14(10)18-13/h1-13,23H,(H2,22,24);3-11,20H,1-2H3,(H2,19,21);1-8,21H,(H2,20,22);1-8,18H,(H2,17,19). The van der Waals surface area contributed by atoms with Crippen LogP contribution in [0.25, 0.3) is 99.8 Å². The highest BCUT2D eigenvalue weighted by molar-refractivity contribution is 6.09. The van der Waals surface area contributed by atoms with E-state index in [1.54, 1.807) is 66.7 Å². The Labute approximate surface area is 490 Å². The van der Waals surface area contributed by atoms with Crippen molar-refractivity contribution < 1.29 is 36.7 Å². The maximum absolute atomic E-state index is 13.2. The largest absolute Gasteiger partial charge is 0.416 e. The number of aromatic amines is 4. The molecule has 0 atom stereocenters. The van der Waals surface area contributed by atoms with Gasteiger partial charge in [0, 0.05) is 49.9 Å². The number of rotatable bonds is 10. The van der Waals surface area contributed by atoms with Crippen molar-refractivity contribution in [3.63, 3.8) is 0 Å². The quantitative estimate of drug-likeness (QED) is 0.0624. The third-order valence-electron chi connectivity index (χ3n) is 14.5. The zero-order valence-corrected chi connectivity index (χ0v) is 46.4. The third kappa shape index (κ3) is 12.8. The number of fused-ring (bicyclic) bond motifs is 4. The van der Waals surface area contributed by atoms with Crippen molar-refractivity contribution in [2.75, 3.05) is 0 Å². The van der Waals surface area contributed by atoms with E-state index in [4.69, 9.17) is 22.9 Å². The van der Waals surface area contributed by atoms with E-state index in [1.807, 2.05) is 66.7 Å². The van der Waals surface area contributed by atoms with Gasteiger partial charge < -0.3 is 42.9 Å². The summed E-state index contributed by atoms with van der Waals surface area (Å²) in [4.78, 5) is 58.6. The Balaban J connectivity index is 0.000000128. The summed E-state index contributed by atoms with van der Waals surface area (Å²) in [5.74, 6) is -1.74. The molecule has 12 N–H and O–H groups in total. The lowest BCUT2D eigenvalue weighted by molar-refractivity contribution is -0.137. The Morgan fingerprint density at radius 3 is 1.06 bits per heavy atom. The van der Waals surface area contributed by atoms with Crippen molar-refractivity contribution in [2.24, 2.45) is 22.9 Å². The van der Waals surface area contributed by atoms with E-state index in [0.29, 0.717) is 55.8 Å². The Hall–Kier alpha value is -11.3. The molecule has 0 radical (unpaired) electrons. The van der Waals surface area contributed by atoms with Gasteiger partial charge >= 0.3 is 6.18 Å². The number of halogens is 4. The molecule has 0 aliphatic heterocycles. The number of aromatic nitrogens is 4. The normalized spacial score (nSPS) is 11.2. The average Bonchev–Trinajstić information content (AvgIpc) is 2.65. The van der Waals surface area contributed by atoms with Crippen LogP contribution in [0.2, 0.25) is 0 Å². The maximum Gasteiger partial charge on any atom is 0.416 e. The minimum atomic E-state index is -4.40. The zero-order valence-electron chi connectivity index (χ0n) is 46.4. The molecule has 4 heterocycles. The summed E-state index contributed by atoms with van der Waals surface area (Å²) in [7, 11) is 0. The van der Waals surface area contributed by atoms with E-state index in [0.717, 1.165) is 78.7 Å². The van der Waals surface area contributed by atoms with E-state index in [-0.39, 0.29) is 5.82 Å². The van der Waals surface area contributed by atoms with Crippen molar-refractivity contribution >= 4 is 67.2 Å². The van der Waals surface area contributed by atoms with Gasteiger partial charge in [0.2, 0.25) is 0 Å². The molecule has 86 heavy (non-hydrogen) atoms. The summed E-state index contributed by atoms with van der Waals surface area (Å²) in [5.41, 5.74) is 35.5. The van der Waals surface area contributed by atoms with E-state index < -0.39 is 35.4 Å². The number of amides is 4. The summed E-state index contributed by atoms with van der Waals surface area (Å²) in [6.45, 7) is 4.35. The van der Waals surface area contributed by atoms with Gasteiger partial charge in [-0.25, -0.2) is 4.39 Å². The fourth-order valence-corrected chi connectivity index (χ4v) is 10.1. The fourth-order valence-electron chi connectivity index (χ4n) is 10.1. The molecule has 428 valence electrons. The molecule has 13 rings (SSSR count). The number of carbonyl (C=O) groups excluding carboxylic acids is 4. The molecule has 12 nitrogen and oxygen atoms in total. The van der Waals surface area contributed by atoms with Crippen molar-refractivity contribution in [3.8, 4) is 56.2 Å². The van der Waals surface area contributed by atoms with Gasteiger partial charge in [0.05, 0.1) is 49.9 Å². The molecule has 4 amide bonds. The highest BCUT2D eigenvalue weighted by Crippen LogP contribution is 2.35. The van der Waals surface area contributed by atoms with Gasteiger partial charge in [0.1, 0.15) is 5.82 Å². The van der Waals surface area contributed by atoms with Crippen LogP contribution in [0.5, 0.6) is 0 Å². The SMILES string of the molecule is CC(C)c1cccc(-c2cc3cccc(C(N)=O)c3[nH]2)c1.NC(=O)c1cccc2cc(-c3cccc(-c4ccccc4)c3)[nH]c12.NC(=O)c1cccc2cc(-c3cccc(C(F)(F)F)c3)[nH]c12.NC(=O)c1cccc2cc(-c3cccc(F)c3)[nH]c12. The second kappa shape index (κ2) is 24.7.